The molecule has 0 N–H and O–H groups in total. The van der Waals surface area contributed by atoms with E-state index in [4.69, 9.17) is 0 Å². The van der Waals surface area contributed by atoms with E-state index in [1.54, 1.807) is 0 Å². The number of aliphatic carboxylic acids is 2. The predicted octanol–water partition coefficient (Wildman–Crippen LogP) is 4.76. The Kier molecular flexibility index (Phi) is 35.0. The van der Waals surface area contributed by atoms with Gasteiger partial charge in [-0.3, -0.25) is 4.79 Å². The van der Waals surface area contributed by atoms with E-state index < -0.39 is 18.4 Å². The van der Waals surface area contributed by atoms with Gasteiger partial charge in [0, 0.05) is 24.8 Å². The van der Waals surface area contributed by atoms with Crippen LogP contribution in [0.15, 0.2) is 12.2 Å². The topological polar surface area (TPSA) is 107 Å². The summed E-state index contributed by atoms with van der Waals surface area (Å²) >= 11 is 2.19. The second-order valence-electron chi connectivity index (χ2n) is 8.73. The molecule has 34 heavy (non-hydrogen) atoms. The molecule has 0 aliphatic rings. The molecule has 0 rings (SSSR count). The summed E-state index contributed by atoms with van der Waals surface area (Å²) in [4.78, 5) is 30.4. The van der Waals surface area contributed by atoms with E-state index in [0.717, 1.165) is 19.3 Å². The van der Waals surface area contributed by atoms with Crippen molar-refractivity contribution >= 4 is 34.3 Å². The average molecular weight is 497 g/mol. The fraction of sp³-hybridized carbons (Fsp3) is 0.815. The number of hydrogen-bond donors (Lipinski definition) is 0. The molecule has 0 amide bonds. The third kappa shape index (κ3) is 44.5. The Bertz CT molecular complexity index is 492. The zero-order chi connectivity index (χ0) is 26.5. The number of Topliss-reactive ketones (excluding diaryl/α,β-unsaturated/α-hetero) is 1. The molecule has 0 aliphatic heterocycles. The summed E-state index contributed by atoms with van der Waals surface area (Å²) in [6.45, 7) is 8.04. The van der Waals surface area contributed by atoms with Crippen LogP contribution in [0.5, 0.6) is 0 Å². The molecule has 0 unspecified atom stereocenters. The second-order valence-corrected chi connectivity index (χ2v) is 9.00. The van der Waals surface area contributed by atoms with E-state index in [0.29, 0.717) is 18.9 Å². The molecule has 0 saturated heterocycles. The maximum atomic E-state index is 10.4. The molecular weight excluding hydrogens is 447 g/mol. The van der Waals surface area contributed by atoms with Gasteiger partial charge in [-0.15, -0.1) is 0 Å². The van der Waals surface area contributed by atoms with Gasteiger partial charge in [0.25, 0.3) is 0 Å². The van der Waals surface area contributed by atoms with Crippen molar-refractivity contribution < 1.29 is 28.4 Å². The van der Waals surface area contributed by atoms with Gasteiger partial charge < -0.3 is 19.8 Å². The van der Waals surface area contributed by atoms with Gasteiger partial charge in [0.05, 0.1) is 0 Å². The molecule has 6 nitrogen and oxygen atoms in total. The summed E-state index contributed by atoms with van der Waals surface area (Å²) in [6, 6.07) is 0. The third-order valence-corrected chi connectivity index (χ3v) is 5.33. The van der Waals surface area contributed by atoms with E-state index in [1.165, 1.54) is 64.2 Å². The van der Waals surface area contributed by atoms with Crippen molar-refractivity contribution in [2.24, 2.45) is 0 Å². The summed E-state index contributed by atoms with van der Waals surface area (Å²) in [5, 5.41) is 20.0. The minimum Gasteiger partial charge on any atom is -0.550 e. The predicted molar refractivity (Wildman–Crippen MR) is 136 cm³/mol. The van der Waals surface area contributed by atoms with Gasteiger partial charge >= 0.3 is 40.4 Å². The van der Waals surface area contributed by atoms with Crippen molar-refractivity contribution in [3.8, 4) is 0 Å². The minimum absolute atomic E-state index is 0.220. The summed E-state index contributed by atoms with van der Waals surface area (Å²) in [5.74, 6) is -2.45. The van der Waals surface area contributed by atoms with E-state index >= 15 is 0 Å². The van der Waals surface area contributed by atoms with Gasteiger partial charge in [-0.1, -0.05) is 77.4 Å². The number of allylic oxidation sites excluding steroid dienone is 2. The number of carbonyl (C=O) groups excluding carboxylic acids is 3. The molecule has 0 radical (unpaired) electrons. The molecule has 0 aromatic heterocycles. The smallest absolute Gasteiger partial charge is 0.138 e. The monoisotopic (exact) mass is 496 g/mol. The fourth-order valence-corrected chi connectivity index (χ4v) is 2.87. The summed E-state index contributed by atoms with van der Waals surface area (Å²) < 4.78 is 4.67. The first kappa shape index (κ1) is 37.4. The number of hydrogen-bond acceptors (Lipinski definition) is 6. The Morgan fingerprint density at radius 2 is 1.15 bits per heavy atom. The normalized spacial score (nSPS) is 10.4. The van der Waals surface area contributed by atoms with Crippen molar-refractivity contribution in [2.45, 2.75) is 143 Å². The largest absolute Gasteiger partial charge is 0.550 e. The van der Waals surface area contributed by atoms with Crippen LogP contribution in [0.25, 0.3) is 0 Å². The van der Waals surface area contributed by atoms with Crippen LogP contribution in [0.2, 0.25) is 0 Å². The van der Waals surface area contributed by atoms with Crippen LogP contribution in [-0.4, -0.2) is 40.4 Å². The first-order valence-corrected chi connectivity index (χ1v) is 13.6. The number of rotatable bonds is 20. The van der Waals surface area contributed by atoms with Crippen LogP contribution in [0.3, 0.4) is 0 Å². The number of carboxylic acid groups (broad SMARTS) is 2. The van der Waals surface area contributed by atoms with Crippen LogP contribution in [0.1, 0.15) is 137 Å². The van der Waals surface area contributed by atoms with Gasteiger partial charge in [0.1, 0.15) is 5.78 Å². The molecule has 0 aromatic carbocycles. The van der Waals surface area contributed by atoms with Crippen LogP contribution in [-0.2, 0) is 18.2 Å². The number of ketones is 1. The number of carbonyl (C=O) groups is 3. The molecule has 0 aromatic rings. The number of unbranched alkanes of at least 4 members (excludes halogenated alkanes) is 11. The van der Waals surface area contributed by atoms with Gasteiger partial charge in [-0.05, 0) is 44.9 Å². The van der Waals surface area contributed by atoms with Crippen LogP contribution in [0.4, 0.5) is 0 Å². The molecular formula is C27H49AlO6. The molecule has 0 atom stereocenters. The van der Waals surface area contributed by atoms with Gasteiger partial charge in [-0.25, -0.2) is 0 Å². The standard InChI is InChI=1S/C18H34O2.C6H10O3.C3H7O.Al/c1-2-3-4-5-6-7-8-9-10-11-12-13-14-15-16-17-18(19)20;1-2-3-5(7)4-6(8)9;1-3(2)4;/h9-10H,2-8,11-17H2,1H3,(H,19,20);2-4H2,1H3,(H,8,9);3H,1-2H3;/q;;-1;+3/p-2. The van der Waals surface area contributed by atoms with Gasteiger partial charge in [0.2, 0.25) is 0 Å². The second kappa shape index (κ2) is 31.8. The van der Waals surface area contributed by atoms with E-state index in [9.17, 15) is 24.6 Å². The Labute approximate surface area is 217 Å². The molecule has 0 spiro atoms. The first-order valence-electron chi connectivity index (χ1n) is 13.1. The van der Waals surface area contributed by atoms with Crippen LogP contribution < -0.4 is 10.2 Å². The molecule has 0 heterocycles. The molecule has 7 heteroatoms. The molecule has 196 valence electrons. The Morgan fingerprint density at radius 1 is 0.706 bits per heavy atom. The molecule has 0 saturated carbocycles. The Morgan fingerprint density at radius 3 is 1.53 bits per heavy atom. The molecule has 0 aliphatic carbocycles. The maximum absolute atomic E-state index is 10.4. The first-order chi connectivity index (χ1) is 16.2. The quantitative estimate of drug-likeness (QED) is 0.104. The third-order valence-electron chi connectivity index (χ3n) is 4.79. The van der Waals surface area contributed by atoms with Gasteiger partial charge in [-0.2, -0.15) is 0 Å². The van der Waals surface area contributed by atoms with Gasteiger partial charge in [0.15, 0.2) is 0 Å². The fourth-order valence-electron chi connectivity index (χ4n) is 2.87. The maximum Gasteiger partial charge on any atom is 0.138 e. The summed E-state index contributed by atoms with van der Waals surface area (Å²) in [7, 11) is 0. The SMILES string of the molecule is CC(C)[O][Al+2].CCCC(=O)CC(=O)[O-].CCCCCCCCC=CCCCCCCCC(=O)[O-]. The van der Waals surface area contributed by atoms with Crippen molar-refractivity contribution in [2.75, 3.05) is 0 Å². The van der Waals surface area contributed by atoms with Crippen molar-refractivity contribution in [3.05, 3.63) is 12.2 Å². The number of carboxylic acids is 2. The van der Waals surface area contributed by atoms with Crippen LogP contribution >= 0.6 is 0 Å². The zero-order valence-electron chi connectivity index (χ0n) is 22.3. The van der Waals surface area contributed by atoms with Crippen LogP contribution in [0, 0.1) is 0 Å². The molecule has 0 fully saturated rings. The zero-order valence-corrected chi connectivity index (χ0v) is 23.4. The average Bonchev–Trinajstić information content (AvgIpc) is 2.76. The Balaban J connectivity index is -0.000000563. The minimum atomic E-state index is -1.28. The summed E-state index contributed by atoms with van der Waals surface area (Å²) in [6.07, 6.45) is 21.9. The van der Waals surface area contributed by atoms with E-state index in [1.807, 2.05) is 20.8 Å². The van der Waals surface area contributed by atoms with Crippen molar-refractivity contribution in [1.29, 1.82) is 0 Å². The van der Waals surface area contributed by atoms with Crippen molar-refractivity contribution in [1.82, 2.24) is 0 Å². The summed E-state index contributed by atoms with van der Waals surface area (Å²) in [5.41, 5.74) is 0. The van der Waals surface area contributed by atoms with E-state index in [2.05, 4.69) is 39.5 Å². The Hall–Kier alpha value is -1.16. The molecule has 0 bridgehead atoms. The van der Waals surface area contributed by atoms with Crippen molar-refractivity contribution in [3.63, 3.8) is 0 Å². The van der Waals surface area contributed by atoms with E-state index in [-0.39, 0.29) is 12.2 Å².